The predicted molar refractivity (Wildman–Crippen MR) is 70.0 cm³/mol. The summed E-state index contributed by atoms with van der Waals surface area (Å²) in [5.74, 6) is 0.140. The van der Waals surface area contributed by atoms with Crippen LogP contribution in [0.15, 0.2) is 12.2 Å². The average molecular weight is 247 g/mol. The maximum absolute atomic E-state index is 11.8. The summed E-state index contributed by atoms with van der Waals surface area (Å²) in [5, 5.41) is 0. The molecule has 0 radical (unpaired) electrons. The van der Waals surface area contributed by atoms with Gasteiger partial charge in [-0.2, -0.15) is 0 Å². The van der Waals surface area contributed by atoms with Gasteiger partial charge in [0.15, 0.2) is 0 Å². The van der Waals surface area contributed by atoms with Gasteiger partial charge < -0.3 is 0 Å². The number of rotatable bonds is 9. The molecule has 4 heteroatoms. The van der Waals surface area contributed by atoms with E-state index in [1.54, 1.807) is 6.08 Å². The highest BCUT2D eigenvalue weighted by Gasteiger charge is 2.15. The maximum atomic E-state index is 11.8. The lowest BCUT2D eigenvalue weighted by Crippen LogP contribution is -2.32. The lowest BCUT2D eigenvalue weighted by molar-refractivity contribution is 0.447. The van der Waals surface area contributed by atoms with Crippen molar-refractivity contribution in [2.24, 2.45) is 0 Å². The summed E-state index contributed by atoms with van der Waals surface area (Å²) in [6.07, 6.45) is 8.32. The first kappa shape index (κ1) is 15.7. The fraction of sp³-hybridized carbons (Fsp3) is 0.833. The van der Waals surface area contributed by atoms with Crippen molar-refractivity contribution in [3.63, 3.8) is 0 Å². The molecule has 0 spiro atoms. The van der Waals surface area contributed by atoms with Gasteiger partial charge >= 0.3 is 0 Å². The van der Waals surface area contributed by atoms with Crippen molar-refractivity contribution in [2.45, 2.75) is 46.5 Å². The lowest BCUT2D eigenvalue weighted by Gasteiger charge is -2.16. The van der Waals surface area contributed by atoms with E-state index < -0.39 is 10.0 Å². The second-order valence-corrected chi connectivity index (χ2v) is 5.84. The molecule has 16 heavy (non-hydrogen) atoms. The Kier molecular flexibility index (Phi) is 8.57. The molecule has 0 aromatic heterocycles. The Morgan fingerprint density at radius 1 is 1.00 bits per heavy atom. The number of hydrogen-bond donors (Lipinski definition) is 0. The van der Waals surface area contributed by atoms with Gasteiger partial charge in [0.2, 0.25) is 10.0 Å². The number of hydrogen-bond acceptors (Lipinski definition) is 2. The first-order valence-corrected chi connectivity index (χ1v) is 7.82. The Hall–Kier alpha value is -0.350. The molecule has 0 fully saturated rings. The molecule has 0 aromatic rings. The number of sulfonamides is 1. The quantitative estimate of drug-likeness (QED) is 0.464. The molecule has 96 valence electrons. The molecule has 0 unspecified atom stereocenters. The molecular formula is C12H25NO2S. The van der Waals surface area contributed by atoms with Crippen molar-refractivity contribution in [3.05, 3.63) is 12.2 Å². The third kappa shape index (κ3) is 6.28. The summed E-state index contributed by atoms with van der Waals surface area (Å²) in [6.45, 7) is 7.01. The molecule has 3 nitrogen and oxygen atoms in total. The van der Waals surface area contributed by atoms with Crippen molar-refractivity contribution < 1.29 is 8.42 Å². The van der Waals surface area contributed by atoms with Crippen LogP contribution in [0.25, 0.3) is 0 Å². The highest BCUT2D eigenvalue weighted by atomic mass is 32.2. The van der Waals surface area contributed by atoms with Crippen LogP contribution < -0.4 is 0 Å². The van der Waals surface area contributed by atoms with E-state index in [0.717, 1.165) is 12.8 Å². The summed E-state index contributed by atoms with van der Waals surface area (Å²) >= 11 is 0. The standard InChI is InChI=1S/C12H25NO2S/c1-4-7-8-9-10-11-12-16(14,15)13(5-2)6-3/h10-11H,4-9,12H2,1-3H3/b11-10+. The zero-order valence-corrected chi connectivity index (χ0v) is 11.6. The Balaban J connectivity index is 3.98. The first-order valence-electron chi connectivity index (χ1n) is 6.21. The number of unbranched alkanes of at least 4 members (excludes halogenated alkanes) is 3. The Bertz CT molecular complexity index is 279. The Morgan fingerprint density at radius 3 is 2.12 bits per heavy atom. The van der Waals surface area contributed by atoms with Crippen molar-refractivity contribution >= 4 is 10.0 Å². The molecule has 0 saturated heterocycles. The monoisotopic (exact) mass is 247 g/mol. The second-order valence-electron chi connectivity index (χ2n) is 3.83. The SMILES string of the molecule is CCCCC/C=C/CS(=O)(=O)N(CC)CC. The second kappa shape index (κ2) is 8.76. The molecule has 0 amide bonds. The molecule has 0 atom stereocenters. The van der Waals surface area contributed by atoms with Crippen molar-refractivity contribution in [3.8, 4) is 0 Å². The van der Waals surface area contributed by atoms with Crippen molar-refractivity contribution in [2.75, 3.05) is 18.8 Å². The summed E-state index contributed by atoms with van der Waals surface area (Å²) in [6, 6.07) is 0. The zero-order chi connectivity index (χ0) is 12.4. The fourth-order valence-electron chi connectivity index (χ4n) is 1.54. The lowest BCUT2D eigenvalue weighted by atomic mass is 10.2. The Morgan fingerprint density at radius 2 is 1.62 bits per heavy atom. The minimum Gasteiger partial charge on any atom is -0.212 e. The molecule has 0 rings (SSSR count). The van der Waals surface area contributed by atoms with E-state index in [-0.39, 0.29) is 5.75 Å². The van der Waals surface area contributed by atoms with E-state index in [4.69, 9.17) is 0 Å². The van der Waals surface area contributed by atoms with E-state index >= 15 is 0 Å². The van der Waals surface area contributed by atoms with Crippen LogP contribution in [0.5, 0.6) is 0 Å². The highest BCUT2D eigenvalue weighted by Crippen LogP contribution is 2.03. The van der Waals surface area contributed by atoms with Gasteiger partial charge in [-0.15, -0.1) is 0 Å². The summed E-state index contributed by atoms with van der Waals surface area (Å²) in [7, 11) is -3.07. The third-order valence-electron chi connectivity index (χ3n) is 2.55. The minimum absolute atomic E-state index is 0.140. The van der Waals surface area contributed by atoms with Crippen LogP contribution in [-0.4, -0.2) is 31.6 Å². The molecule has 0 aromatic carbocycles. The van der Waals surface area contributed by atoms with E-state index in [0.29, 0.717) is 13.1 Å². The molecule has 0 N–H and O–H groups in total. The van der Waals surface area contributed by atoms with Crippen LogP contribution in [0.4, 0.5) is 0 Å². The zero-order valence-electron chi connectivity index (χ0n) is 10.8. The van der Waals surface area contributed by atoms with Crippen LogP contribution in [0, 0.1) is 0 Å². The summed E-state index contributed by atoms with van der Waals surface area (Å²) < 4.78 is 25.0. The van der Waals surface area contributed by atoms with E-state index in [2.05, 4.69) is 6.92 Å². The number of nitrogens with zero attached hydrogens (tertiary/aromatic N) is 1. The van der Waals surface area contributed by atoms with Gasteiger partial charge in [0, 0.05) is 13.1 Å². The predicted octanol–water partition coefficient (Wildman–Crippen LogP) is 2.79. The topological polar surface area (TPSA) is 37.4 Å². The van der Waals surface area contributed by atoms with Crippen molar-refractivity contribution in [1.82, 2.24) is 4.31 Å². The maximum Gasteiger partial charge on any atom is 0.217 e. The van der Waals surface area contributed by atoms with Gasteiger partial charge in [0.25, 0.3) is 0 Å². The van der Waals surface area contributed by atoms with Crippen molar-refractivity contribution in [1.29, 1.82) is 0 Å². The molecule has 0 aliphatic rings. The molecular weight excluding hydrogens is 222 g/mol. The number of allylic oxidation sites excluding steroid dienone is 1. The minimum atomic E-state index is -3.07. The van der Waals surface area contributed by atoms with Crippen LogP contribution in [0.1, 0.15) is 46.5 Å². The van der Waals surface area contributed by atoms with E-state index in [1.807, 2.05) is 19.9 Å². The van der Waals surface area contributed by atoms with Crippen LogP contribution in [0.3, 0.4) is 0 Å². The summed E-state index contributed by atoms with van der Waals surface area (Å²) in [4.78, 5) is 0. The molecule has 0 aliphatic carbocycles. The van der Waals surface area contributed by atoms with Gasteiger partial charge in [-0.25, -0.2) is 12.7 Å². The summed E-state index contributed by atoms with van der Waals surface area (Å²) in [5.41, 5.74) is 0. The molecule has 0 heterocycles. The molecule has 0 aliphatic heterocycles. The molecule has 0 saturated carbocycles. The van der Waals surface area contributed by atoms with Gasteiger partial charge in [-0.1, -0.05) is 45.8 Å². The Labute approximate surface area is 101 Å². The largest absolute Gasteiger partial charge is 0.217 e. The van der Waals surface area contributed by atoms with Gasteiger partial charge in [0.1, 0.15) is 0 Å². The van der Waals surface area contributed by atoms with Gasteiger partial charge in [-0.3, -0.25) is 0 Å². The first-order chi connectivity index (χ1) is 7.58. The highest BCUT2D eigenvalue weighted by molar-refractivity contribution is 7.89. The smallest absolute Gasteiger partial charge is 0.212 e. The third-order valence-corrected chi connectivity index (χ3v) is 4.46. The average Bonchev–Trinajstić information content (AvgIpc) is 2.24. The molecule has 0 bridgehead atoms. The van der Waals surface area contributed by atoms with Gasteiger partial charge in [0.05, 0.1) is 5.75 Å². The van der Waals surface area contributed by atoms with Crippen LogP contribution in [0.2, 0.25) is 0 Å². The van der Waals surface area contributed by atoms with E-state index in [9.17, 15) is 8.42 Å². The van der Waals surface area contributed by atoms with Gasteiger partial charge in [-0.05, 0) is 12.8 Å². The van der Waals surface area contributed by atoms with E-state index in [1.165, 1.54) is 17.1 Å². The van der Waals surface area contributed by atoms with Crippen LogP contribution in [-0.2, 0) is 10.0 Å². The fourth-order valence-corrected chi connectivity index (χ4v) is 2.92. The normalized spacial score (nSPS) is 12.8. The van der Waals surface area contributed by atoms with Crippen LogP contribution >= 0.6 is 0 Å².